The maximum absolute atomic E-state index is 13.0. The summed E-state index contributed by atoms with van der Waals surface area (Å²) in [5, 5.41) is -0.0852. The highest BCUT2D eigenvalue weighted by Crippen LogP contribution is 2.43. The second kappa shape index (κ2) is 3.96. The van der Waals surface area contributed by atoms with Crippen LogP contribution in [0.4, 0.5) is 13.2 Å². The Hall–Kier alpha value is -1.56. The molecule has 0 aliphatic heterocycles. The van der Waals surface area contributed by atoms with E-state index >= 15 is 0 Å². The number of carbonyl (C=O) groups excluding carboxylic acids is 1. The van der Waals surface area contributed by atoms with Crippen LogP contribution in [0.25, 0.3) is 5.65 Å². The summed E-state index contributed by atoms with van der Waals surface area (Å²) in [6.07, 6.45) is -0.900. The number of pyridine rings is 1. The van der Waals surface area contributed by atoms with Crippen LogP contribution in [0.15, 0.2) is 12.3 Å². The fourth-order valence-corrected chi connectivity index (χ4v) is 2.30. The highest BCUT2D eigenvalue weighted by atomic mass is 35.5. The van der Waals surface area contributed by atoms with Crippen LogP contribution in [0.5, 0.6) is 0 Å². The molecule has 0 unspecified atom stereocenters. The Kier molecular flexibility index (Phi) is 2.60. The summed E-state index contributed by atoms with van der Waals surface area (Å²) >= 11 is 5.88. The molecule has 2 aromatic heterocycles. The molecule has 2 heterocycles. The summed E-state index contributed by atoms with van der Waals surface area (Å²) in [7, 11) is 0. The molecule has 3 rings (SSSR count). The first-order chi connectivity index (χ1) is 8.91. The number of hydrogen-bond acceptors (Lipinski definition) is 2. The van der Waals surface area contributed by atoms with E-state index in [2.05, 4.69) is 4.98 Å². The Morgan fingerprint density at radius 1 is 1.42 bits per heavy atom. The summed E-state index contributed by atoms with van der Waals surface area (Å²) < 4.78 is 40.3. The van der Waals surface area contributed by atoms with E-state index in [1.807, 2.05) is 0 Å². The van der Waals surface area contributed by atoms with Crippen LogP contribution >= 0.6 is 11.6 Å². The molecule has 0 radical (unpaired) electrons. The molecule has 3 nitrogen and oxygen atoms in total. The number of nitrogens with zero attached hydrogens (tertiary/aromatic N) is 2. The molecule has 0 bridgehead atoms. The minimum absolute atomic E-state index is 0.0852. The van der Waals surface area contributed by atoms with Crippen LogP contribution in [0.1, 0.15) is 40.4 Å². The number of imidazole rings is 1. The summed E-state index contributed by atoms with van der Waals surface area (Å²) in [5.74, 6) is 0.142. The van der Waals surface area contributed by atoms with Crippen LogP contribution in [-0.2, 0) is 6.18 Å². The first-order valence-electron chi connectivity index (χ1n) is 5.65. The van der Waals surface area contributed by atoms with Gasteiger partial charge in [0.15, 0.2) is 11.9 Å². The van der Waals surface area contributed by atoms with Gasteiger partial charge in [0.05, 0.1) is 5.56 Å². The maximum Gasteiger partial charge on any atom is 0.419 e. The Labute approximate surface area is 111 Å². The second-order valence-electron chi connectivity index (χ2n) is 4.56. The zero-order valence-corrected chi connectivity index (χ0v) is 10.3. The van der Waals surface area contributed by atoms with Gasteiger partial charge in [0.2, 0.25) is 0 Å². The first kappa shape index (κ1) is 12.5. The fraction of sp³-hybridized carbons (Fsp3) is 0.333. The highest BCUT2D eigenvalue weighted by Gasteiger charge is 2.37. The predicted molar refractivity (Wildman–Crippen MR) is 62.6 cm³/mol. The summed E-state index contributed by atoms with van der Waals surface area (Å²) in [5.41, 5.74) is -0.785. The number of fused-ring (bicyclic) bond motifs is 1. The van der Waals surface area contributed by atoms with Gasteiger partial charge in [-0.05, 0) is 30.4 Å². The van der Waals surface area contributed by atoms with Crippen molar-refractivity contribution >= 4 is 23.5 Å². The molecular weight excluding hydrogens is 281 g/mol. The van der Waals surface area contributed by atoms with Crippen LogP contribution in [-0.4, -0.2) is 15.7 Å². The molecule has 19 heavy (non-hydrogen) atoms. The van der Waals surface area contributed by atoms with Crippen LogP contribution < -0.4 is 0 Å². The lowest BCUT2D eigenvalue weighted by molar-refractivity contribution is -0.136. The van der Waals surface area contributed by atoms with Gasteiger partial charge in [-0.15, -0.1) is 0 Å². The number of carbonyl (C=O) groups is 1. The maximum atomic E-state index is 13.0. The Morgan fingerprint density at radius 2 is 2.11 bits per heavy atom. The molecule has 0 spiro atoms. The van der Waals surface area contributed by atoms with E-state index in [1.165, 1.54) is 6.20 Å². The van der Waals surface area contributed by atoms with E-state index in [-0.39, 0.29) is 22.4 Å². The minimum atomic E-state index is -4.53. The molecule has 7 heteroatoms. The molecule has 1 saturated carbocycles. The number of rotatable bonds is 2. The van der Waals surface area contributed by atoms with Crippen molar-refractivity contribution in [1.29, 1.82) is 0 Å². The van der Waals surface area contributed by atoms with E-state index in [9.17, 15) is 18.0 Å². The van der Waals surface area contributed by atoms with Crippen LogP contribution in [0.3, 0.4) is 0 Å². The van der Waals surface area contributed by atoms with Crippen molar-refractivity contribution < 1.29 is 18.0 Å². The molecule has 0 aromatic carbocycles. The molecule has 0 atom stereocenters. The molecule has 0 saturated heterocycles. The van der Waals surface area contributed by atoms with Crippen molar-refractivity contribution in [2.24, 2.45) is 0 Å². The molecule has 100 valence electrons. The van der Waals surface area contributed by atoms with Gasteiger partial charge in [-0.2, -0.15) is 13.2 Å². The Bertz CT molecular complexity index is 674. The summed E-state index contributed by atoms with van der Waals surface area (Å²) in [6, 6.07) is 1.10. The lowest BCUT2D eigenvalue weighted by Crippen LogP contribution is -2.09. The minimum Gasteiger partial charge on any atom is -0.296 e. The smallest absolute Gasteiger partial charge is 0.296 e. The number of aldehydes is 1. The standard InChI is InChI=1S/C12H8ClF3N2O/c13-10-9(5-19)17-11-8(12(14,15)16)3-7(4-18(10)11)6-1-2-6/h3-6H,1-2H2. The van der Waals surface area contributed by atoms with Crippen LogP contribution in [0, 0.1) is 0 Å². The van der Waals surface area contributed by atoms with Crippen molar-refractivity contribution in [3.8, 4) is 0 Å². The molecule has 1 aliphatic carbocycles. The van der Waals surface area contributed by atoms with Gasteiger partial charge in [-0.25, -0.2) is 4.98 Å². The van der Waals surface area contributed by atoms with E-state index in [1.54, 1.807) is 0 Å². The fourth-order valence-electron chi connectivity index (χ4n) is 2.08. The van der Waals surface area contributed by atoms with Crippen molar-refractivity contribution in [2.75, 3.05) is 0 Å². The van der Waals surface area contributed by atoms with Gasteiger partial charge in [-0.1, -0.05) is 11.6 Å². The third kappa shape index (κ3) is 2.00. The summed E-state index contributed by atoms with van der Waals surface area (Å²) in [4.78, 5) is 14.4. The Balaban J connectivity index is 2.34. The van der Waals surface area contributed by atoms with E-state index in [4.69, 9.17) is 11.6 Å². The quantitative estimate of drug-likeness (QED) is 0.790. The molecule has 0 amide bonds. The number of alkyl halides is 3. The van der Waals surface area contributed by atoms with Crippen molar-refractivity contribution in [3.05, 3.63) is 34.2 Å². The average Bonchev–Trinajstić information content (AvgIpc) is 3.13. The Morgan fingerprint density at radius 3 is 2.63 bits per heavy atom. The van der Waals surface area contributed by atoms with E-state index in [0.29, 0.717) is 11.8 Å². The lowest BCUT2D eigenvalue weighted by atomic mass is 10.1. The topological polar surface area (TPSA) is 34.4 Å². The van der Waals surface area contributed by atoms with Gasteiger partial charge < -0.3 is 0 Å². The van der Waals surface area contributed by atoms with Gasteiger partial charge in [0, 0.05) is 6.20 Å². The summed E-state index contributed by atoms with van der Waals surface area (Å²) in [6.45, 7) is 0. The number of hydrogen-bond donors (Lipinski definition) is 0. The monoisotopic (exact) mass is 288 g/mol. The predicted octanol–water partition coefficient (Wildman–Crippen LogP) is 3.70. The second-order valence-corrected chi connectivity index (χ2v) is 4.92. The highest BCUT2D eigenvalue weighted by molar-refractivity contribution is 6.32. The van der Waals surface area contributed by atoms with E-state index < -0.39 is 11.7 Å². The van der Waals surface area contributed by atoms with Crippen molar-refractivity contribution in [2.45, 2.75) is 24.9 Å². The van der Waals surface area contributed by atoms with Gasteiger partial charge in [0.25, 0.3) is 0 Å². The van der Waals surface area contributed by atoms with Gasteiger partial charge >= 0.3 is 6.18 Å². The molecule has 0 N–H and O–H groups in total. The van der Waals surface area contributed by atoms with Gasteiger partial charge in [-0.3, -0.25) is 9.20 Å². The number of halogens is 4. The lowest BCUT2D eigenvalue weighted by Gasteiger charge is -2.10. The molecule has 2 aromatic rings. The largest absolute Gasteiger partial charge is 0.419 e. The molecular formula is C12H8ClF3N2O. The van der Waals surface area contributed by atoms with E-state index in [0.717, 1.165) is 23.3 Å². The normalized spacial score (nSPS) is 16.0. The third-order valence-electron chi connectivity index (χ3n) is 3.17. The zero-order chi connectivity index (χ0) is 13.8. The molecule has 1 aliphatic rings. The van der Waals surface area contributed by atoms with Crippen LogP contribution in [0.2, 0.25) is 5.15 Å². The SMILES string of the molecule is O=Cc1nc2c(C(F)(F)F)cc(C3CC3)cn2c1Cl. The third-order valence-corrected chi connectivity index (χ3v) is 3.55. The number of aromatic nitrogens is 2. The molecule has 1 fully saturated rings. The zero-order valence-electron chi connectivity index (χ0n) is 9.54. The van der Waals surface area contributed by atoms with Crippen molar-refractivity contribution in [3.63, 3.8) is 0 Å². The average molecular weight is 289 g/mol. The van der Waals surface area contributed by atoms with Gasteiger partial charge in [0.1, 0.15) is 10.8 Å². The first-order valence-corrected chi connectivity index (χ1v) is 6.03. The van der Waals surface area contributed by atoms with Crippen molar-refractivity contribution in [1.82, 2.24) is 9.38 Å².